The second-order valence-electron chi connectivity index (χ2n) is 4.08. The van der Waals surface area contributed by atoms with E-state index in [1.807, 2.05) is 13.8 Å². The predicted octanol–water partition coefficient (Wildman–Crippen LogP) is 1.41. The first-order chi connectivity index (χ1) is 7.58. The van der Waals surface area contributed by atoms with Crippen LogP contribution in [0.1, 0.15) is 20.3 Å². The molecule has 0 bridgehead atoms. The Kier molecular flexibility index (Phi) is 2.60. The van der Waals surface area contributed by atoms with Gasteiger partial charge in [0.2, 0.25) is 0 Å². The van der Waals surface area contributed by atoms with E-state index in [1.165, 1.54) is 11.2 Å². The van der Waals surface area contributed by atoms with Crippen LogP contribution in [0.15, 0.2) is 23.4 Å². The van der Waals surface area contributed by atoms with Crippen molar-refractivity contribution in [2.24, 2.45) is 11.0 Å². The molecule has 0 fully saturated rings. The van der Waals surface area contributed by atoms with Gasteiger partial charge in [0.05, 0.1) is 24.0 Å². The summed E-state index contributed by atoms with van der Waals surface area (Å²) >= 11 is 0. The number of rotatable bonds is 2. The number of hydrogen-bond donors (Lipinski definition) is 1. The van der Waals surface area contributed by atoms with E-state index in [-0.39, 0.29) is 11.8 Å². The van der Waals surface area contributed by atoms with Crippen LogP contribution in [0.25, 0.3) is 0 Å². The summed E-state index contributed by atoms with van der Waals surface area (Å²) in [5.74, 6) is 0.763. The van der Waals surface area contributed by atoms with Crippen LogP contribution in [0.5, 0.6) is 0 Å². The summed E-state index contributed by atoms with van der Waals surface area (Å²) in [5.41, 5.74) is 7.00. The van der Waals surface area contributed by atoms with Crippen molar-refractivity contribution in [2.75, 3.05) is 10.7 Å². The Morgan fingerprint density at radius 1 is 1.44 bits per heavy atom. The molecule has 5 heteroatoms. The third-order valence-corrected chi connectivity index (χ3v) is 2.45. The monoisotopic (exact) mass is 218 g/mol. The Morgan fingerprint density at radius 3 is 2.69 bits per heavy atom. The Hall–Kier alpha value is -1.91. The molecule has 84 valence electrons. The molecular weight excluding hydrogens is 204 g/mol. The number of nitrogen functional groups attached to an aromatic ring is 1. The van der Waals surface area contributed by atoms with Crippen LogP contribution in [0, 0.1) is 5.92 Å². The molecule has 1 aromatic heterocycles. The van der Waals surface area contributed by atoms with Crippen LogP contribution in [-0.2, 0) is 4.79 Å². The zero-order valence-electron chi connectivity index (χ0n) is 9.34. The molecule has 1 amide bonds. The number of anilines is 2. The lowest BCUT2D eigenvalue weighted by atomic mass is 10.1. The molecule has 2 heterocycles. The fourth-order valence-corrected chi connectivity index (χ4v) is 1.47. The van der Waals surface area contributed by atoms with Gasteiger partial charge in [-0.25, -0.2) is 4.98 Å². The highest BCUT2D eigenvalue weighted by atomic mass is 16.2. The number of hydrogen-bond acceptors (Lipinski definition) is 4. The van der Waals surface area contributed by atoms with E-state index in [9.17, 15) is 4.79 Å². The molecule has 2 rings (SSSR count). The van der Waals surface area contributed by atoms with Crippen molar-refractivity contribution in [3.8, 4) is 0 Å². The lowest BCUT2D eigenvalue weighted by Gasteiger charge is -2.09. The highest BCUT2D eigenvalue weighted by molar-refractivity contribution is 6.13. The average molecular weight is 218 g/mol. The minimum atomic E-state index is -0.0408. The van der Waals surface area contributed by atoms with Gasteiger partial charge in [0.25, 0.3) is 5.91 Å². The van der Waals surface area contributed by atoms with Gasteiger partial charge in [0.15, 0.2) is 5.82 Å². The van der Waals surface area contributed by atoms with Crippen LogP contribution in [-0.4, -0.2) is 16.6 Å². The molecule has 0 aliphatic carbocycles. The van der Waals surface area contributed by atoms with Crippen LogP contribution >= 0.6 is 0 Å². The topological polar surface area (TPSA) is 71.6 Å². The van der Waals surface area contributed by atoms with E-state index < -0.39 is 0 Å². The summed E-state index contributed by atoms with van der Waals surface area (Å²) in [7, 11) is 0. The van der Waals surface area contributed by atoms with Crippen molar-refractivity contribution in [1.29, 1.82) is 0 Å². The average Bonchev–Trinajstić information content (AvgIpc) is 2.62. The van der Waals surface area contributed by atoms with Gasteiger partial charge in [0, 0.05) is 0 Å². The maximum Gasteiger partial charge on any atom is 0.254 e. The molecule has 0 aromatic carbocycles. The molecule has 1 aromatic rings. The summed E-state index contributed by atoms with van der Waals surface area (Å²) in [4.78, 5) is 15.8. The number of carbonyl (C=O) groups excluding carboxylic acids is 1. The van der Waals surface area contributed by atoms with Crippen molar-refractivity contribution in [2.45, 2.75) is 20.3 Å². The van der Waals surface area contributed by atoms with Gasteiger partial charge in [-0.15, -0.1) is 0 Å². The van der Waals surface area contributed by atoms with Gasteiger partial charge in [-0.3, -0.25) is 4.79 Å². The second-order valence-corrected chi connectivity index (χ2v) is 4.08. The maximum atomic E-state index is 11.7. The molecule has 0 spiro atoms. The Labute approximate surface area is 94.0 Å². The van der Waals surface area contributed by atoms with E-state index in [0.717, 1.165) is 5.71 Å². The predicted molar refractivity (Wildman–Crippen MR) is 63.0 cm³/mol. The van der Waals surface area contributed by atoms with Gasteiger partial charge in [0.1, 0.15) is 0 Å². The maximum absolute atomic E-state index is 11.7. The second kappa shape index (κ2) is 3.92. The summed E-state index contributed by atoms with van der Waals surface area (Å²) in [6.45, 7) is 4.04. The van der Waals surface area contributed by atoms with Gasteiger partial charge in [-0.1, -0.05) is 13.8 Å². The quantitative estimate of drug-likeness (QED) is 0.815. The smallest absolute Gasteiger partial charge is 0.254 e. The molecule has 0 radical (unpaired) electrons. The Balaban J connectivity index is 2.28. The number of nitrogens with two attached hydrogens (primary N) is 1. The lowest BCUT2D eigenvalue weighted by Crippen LogP contribution is -2.20. The molecule has 0 unspecified atom stereocenters. The van der Waals surface area contributed by atoms with Crippen molar-refractivity contribution in [3.63, 3.8) is 0 Å². The number of amides is 1. The highest BCUT2D eigenvalue weighted by Crippen LogP contribution is 2.21. The first-order valence-corrected chi connectivity index (χ1v) is 5.20. The largest absolute Gasteiger partial charge is 0.397 e. The highest BCUT2D eigenvalue weighted by Gasteiger charge is 2.27. The third kappa shape index (κ3) is 1.88. The van der Waals surface area contributed by atoms with Crippen molar-refractivity contribution in [3.05, 3.63) is 18.3 Å². The van der Waals surface area contributed by atoms with Crippen molar-refractivity contribution < 1.29 is 4.79 Å². The zero-order valence-corrected chi connectivity index (χ0v) is 9.34. The number of nitrogens with zero attached hydrogens (tertiary/aromatic N) is 3. The fraction of sp³-hybridized carbons (Fsp3) is 0.364. The molecule has 16 heavy (non-hydrogen) atoms. The normalized spacial score (nSPS) is 15.8. The molecule has 0 atom stereocenters. The standard InChI is InChI=1S/C11H14N4O/c1-7(2)9-5-11(16)15(14-9)10-4-3-8(12)6-13-10/h3-4,6-7H,5,12H2,1-2H3. The van der Waals surface area contributed by atoms with E-state index in [4.69, 9.17) is 5.73 Å². The van der Waals surface area contributed by atoms with E-state index in [0.29, 0.717) is 17.9 Å². The number of carbonyl (C=O) groups is 1. The summed E-state index contributed by atoms with van der Waals surface area (Å²) in [6.07, 6.45) is 1.90. The lowest BCUT2D eigenvalue weighted by molar-refractivity contribution is -0.117. The van der Waals surface area contributed by atoms with Crippen molar-refractivity contribution in [1.82, 2.24) is 4.98 Å². The number of aromatic nitrogens is 1. The Bertz CT molecular complexity index is 436. The van der Waals surface area contributed by atoms with Gasteiger partial charge >= 0.3 is 0 Å². The minimum absolute atomic E-state index is 0.0408. The van der Waals surface area contributed by atoms with Gasteiger partial charge < -0.3 is 5.73 Å². The first-order valence-electron chi connectivity index (χ1n) is 5.20. The fourth-order valence-electron chi connectivity index (χ4n) is 1.47. The van der Waals surface area contributed by atoms with Crippen molar-refractivity contribution >= 4 is 23.1 Å². The van der Waals surface area contributed by atoms with E-state index >= 15 is 0 Å². The SMILES string of the molecule is CC(C)C1=NN(c2ccc(N)cn2)C(=O)C1. The van der Waals surface area contributed by atoms with Gasteiger partial charge in [-0.2, -0.15) is 10.1 Å². The minimum Gasteiger partial charge on any atom is -0.397 e. The summed E-state index contributed by atoms with van der Waals surface area (Å²) in [6, 6.07) is 3.40. The summed E-state index contributed by atoms with van der Waals surface area (Å²) in [5, 5.41) is 5.61. The molecule has 1 aliphatic rings. The Morgan fingerprint density at radius 2 is 2.19 bits per heavy atom. The molecule has 0 saturated carbocycles. The first kappa shape index (κ1) is 10.6. The molecule has 1 aliphatic heterocycles. The molecule has 0 saturated heterocycles. The van der Waals surface area contributed by atoms with Crippen LogP contribution in [0.2, 0.25) is 0 Å². The zero-order chi connectivity index (χ0) is 11.7. The number of pyridine rings is 1. The van der Waals surface area contributed by atoms with Crippen LogP contribution in [0.4, 0.5) is 11.5 Å². The molecular formula is C11H14N4O. The van der Waals surface area contributed by atoms with Crippen LogP contribution < -0.4 is 10.7 Å². The van der Waals surface area contributed by atoms with E-state index in [2.05, 4.69) is 10.1 Å². The third-order valence-electron chi connectivity index (χ3n) is 2.45. The summed E-state index contributed by atoms with van der Waals surface area (Å²) < 4.78 is 0. The van der Waals surface area contributed by atoms with Crippen LogP contribution in [0.3, 0.4) is 0 Å². The van der Waals surface area contributed by atoms with Gasteiger partial charge in [-0.05, 0) is 18.1 Å². The molecule has 5 nitrogen and oxygen atoms in total. The molecule has 2 N–H and O–H groups in total. The number of hydrazone groups is 1. The van der Waals surface area contributed by atoms with E-state index in [1.54, 1.807) is 12.1 Å².